The van der Waals surface area contributed by atoms with E-state index in [1.807, 2.05) is 0 Å². The second-order valence-corrected chi connectivity index (χ2v) is 5.79. The molecule has 1 atom stereocenters. The standard InChI is InChI=1S/C15H32N2O/c1-3-13-6-8-14(9-7-13)11-17-15(12-18-2)5-4-10-16/h13-15,17H,3-12,16H2,1-2H3. The van der Waals surface area contributed by atoms with Gasteiger partial charge in [0.05, 0.1) is 6.61 Å². The van der Waals surface area contributed by atoms with Crippen LogP contribution in [-0.4, -0.2) is 32.8 Å². The van der Waals surface area contributed by atoms with Crippen molar-refractivity contribution < 1.29 is 4.74 Å². The van der Waals surface area contributed by atoms with Crippen molar-refractivity contribution in [1.82, 2.24) is 5.32 Å². The average Bonchev–Trinajstić information content (AvgIpc) is 2.42. The van der Waals surface area contributed by atoms with Gasteiger partial charge in [-0.05, 0) is 50.6 Å². The molecule has 18 heavy (non-hydrogen) atoms. The summed E-state index contributed by atoms with van der Waals surface area (Å²) in [6.07, 6.45) is 9.26. The van der Waals surface area contributed by atoms with Crippen molar-refractivity contribution in [3.05, 3.63) is 0 Å². The summed E-state index contributed by atoms with van der Waals surface area (Å²) in [5, 5.41) is 3.68. The zero-order valence-corrected chi connectivity index (χ0v) is 12.3. The van der Waals surface area contributed by atoms with E-state index in [4.69, 9.17) is 10.5 Å². The summed E-state index contributed by atoms with van der Waals surface area (Å²) < 4.78 is 5.27. The SMILES string of the molecule is CCC1CCC(CNC(CCCN)COC)CC1. The van der Waals surface area contributed by atoms with Gasteiger partial charge in [0.25, 0.3) is 0 Å². The molecule has 3 heteroatoms. The van der Waals surface area contributed by atoms with Gasteiger partial charge < -0.3 is 15.8 Å². The number of hydrogen-bond donors (Lipinski definition) is 2. The molecule has 3 nitrogen and oxygen atoms in total. The maximum atomic E-state index is 5.57. The van der Waals surface area contributed by atoms with E-state index >= 15 is 0 Å². The fourth-order valence-corrected chi connectivity index (χ4v) is 2.99. The van der Waals surface area contributed by atoms with Gasteiger partial charge in [-0.3, -0.25) is 0 Å². The lowest BCUT2D eigenvalue weighted by Gasteiger charge is -2.29. The van der Waals surface area contributed by atoms with Gasteiger partial charge in [-0.15, -0.1) is 0 Å². The number of methoxy groups -OCH3 is 1. The molecule has 0 bridgehead atoms. The molecule has 1 rings (SSSR count). The molecule has 1 aliphatic carbocycles. The van der Waals surface area contributed by atoms with Gasteiger partial charge >= 0.3 is 0 Å². The van der Waals surface area contributed by atoms with Crippen LogP contribution in [0.4, 0.5) is 0 Å². The van der Waals surface area contributed by atoms with Gasteiger partial charge in [-0.25, -0.2) is 0 Å². The summed E-state index contributed by atoms with van der Waals surface area (Å²) in [6, 6.07) is 0.488. The quantitative estimate of drug-likeness (QED) is 0.666. The predicted octanol–water partition coefficient (Wildman–Crippen LogP) is 2.55. The minimum atomic E-state index is 0.488. The summed E-state index contributed by atoms with van der Waals surface area (Å²) >= 11 is 0. The third-order valence-corrected chi connectivity index (χ3v) is 4.36. The van der Waals surface area contributed by atoms with Crippen molar-refractivity contribution in [2.24, 2.45) is 17.6 Å². The first-order valence-corrected chi connectivity index (χ1v) is 7.72. The van der Waals surface area contributed by atoms with E-state index in [-0.39, 0.29) is 0 Å². The zero-order chi connectivity index (χ0) is 13.2. The lowest BCUT2D eigenvalue weighted by atomic mass is 9.81. The van der Waals surface area contributed by atoms with Crippen molar-refractivity contribution in [3.63, 3.8) is 0 Å². The summed E-state index contributed by atoms with van der Waals surface area (Å²) in [7, 11) is 1.78. The largest absolute Gasteiger partial charge is 0.383 e. The number of rotatable bonds is 9. The van der Waals surface area contributed by atoms with Crippen molar-refractivity contribution in [1.29, 1.82) is 0 Å². The molecule has 0 saturated heterocycles. The fraction of sp³-hybridized carbons (Fsp3) is 1.00. The van der Waals surface area contributed by atoms with Gasteiger partial charge in [0.15, 0.2) is 0 Å². The topological polar surface area (TPSA) is 47.3 Å². The monoisotopic (exact) mass is 256 g/mol. The van der Waals surface area contributed by atoms with Crippen LogP contribution in [0.3, 0.4) is 0 Å². The Morgan fingerprint density at radius 1 is 1.22 bits per heavy atom. The van der Waals surface area contributed by atoms with E-state index < -0.39 is 0 Å². The summed E-state index contributed by atoms with van der Waals surface area (Å²) in [5.74, 6) is 1.87. The van der Waals surface area contributed by atoms with Crippen LogP contribution in [0.1, 0.15) is 51.9 Å². The summed E-state index contributed by atoms with van der Waals surface area (Å²) in [4.78, 5) is 0. The predicted molar refractivity (Wildman–Crippen MR) is 77.7 cm³/mol. The highest BCUT2D eigenvalue weighted by atomic mass is 16.5. The Morgan fingerprint density at radius 2 is 1.89 bits per heavy atom. The maximum Gasteiger partial charge on any atom is 0.0615 e. The first kappa shape index (κ1) is 15.9. The molecule has 0 aromatic heterocycles. The highest BCUT2D eigenvalue weighted by molar-refractivity contribution is 4.75. The van der Waals surface area contributed by atoms with Gasteiger partial charge in [-0.2, -0.15) is 0 Å². The van der Waals surface area contributed by atoms with E-state index in [2.05, 4.69) is 12.2 Å². The third-order valence-electron chi connectivity index (χ3n) is 4.36. The number of nitrogens with two attached hydrogens (primary N) is 1. The molecule has 108 valence electrons. The molecule has 0 aliphatic heterocycles. The van der Waals surface area contributed by atoms with Gasteiger partial charge in [-0.1, -0.05) is 26.2 Å². The lowest BCUT2D eigenvalue weighted by Crippen LogP contribution is -2.38. The van der Waals surface area contributed by atoms with E-state index in [9.17, 15) is 0 Å². The zero-order valence-electron chi connectivity index (χ0n) is 12.3. The Balaban J connectivity index is 2.17. The maximum absolute atomic E-state index is 5.57. The normalized spacial score (nSPS) is 26.2. The minimum absolute atomic E-state index is 0.488. The van der Waals surface area contributed by atoms with E-state index in [0.29, 0.717) is 6.04 Å². The van der Waals surface area contributed by atoms with E-state index in [0.717, 1.165) is 44.4 Å². The van der Waals surface area contributed by atoms with Crippen LogP contribution >= 0.6 is 0 Å². The fourth-order valence-electron chi connectivity index (χ4n) is 2.99. The Labute approximate surface area is 113 Å². The molecule has 1 aliphatic rings. The van der Waals surface area contributed by atoms with Crippen LogP contribution in [-0.2, 0) is 4.74 Å². The molecule has 0 spiro atoms. The molecule has 0 amide bonds. The second kappa shape index (κ2) is 9.76. The van der Waals surface area contributed by atoms with Crippen LogP contribution in [0.25, 0.3) is 0 Å². The van der Waals surface area contributed by atoms with Crippen molar-refractivity contribution in [2.75, 3.05) is 26.8 Å². The Bertz CT molecular complexity index is 191. The number of nitrogens with one attached hydrogen (secondary N) is 1. The van der Waals surface area contributed by atoms with Crippen LogP contribution < -0.4 is 11.1 Å². The Hall–Kier alpha value is -0.120. The van der Waals surface area contributed by atoms with Crippen LogP contribution in [0.15, 0.2) is 0 Å². The molecule has 0 heterocycles. The van der Waals surface area contributed by atoms with E-state index in [1.165, 1.54) is 32.1 Å². The van der Waals surface area contributed by atoms with Gasteiger partial charge in [0, 0.05) is 13.2 Å². The Kier molecular flexibility index (Phi) is 8.64. The highest BCUT2D eigenvalue weighted by Crippen LogP contribution is 2.30. The van der Waals surface area contributed by atoms with E-state index in [1.54, 1.807) is 7.11 Å². The van der Waals surface area contributed by atoms with Crippen molar-refractivity contribution >= 4 is 0 Å². The Morgan fingerprint density at radius 3 is 2.44 bits per heavy atom. The molecular formula is C15H32N2O. The molecule has 1 unspecified atom stereocenters. The molecule has 1 fully saturated rings. The van der Waals surface area contributed by atoms with Gasteiger partial charge in [0.2, 0.25) is 0 Å². The average molecular weight is 256 g/mol. The molecule has 3 N–H and O–H groups in total. The molecule has 0 aromatic rings. The first-order chi connectivity index (χ1) is 8.80. The van der Waals surface area contributed by atoms with Crippen molar-refractivity contribution in [3.8, 4) is 0 Å². The molecule has 0 radical (unpaired) electrons. The smallest absolute Gasteiger partial charge is 0.0615 e. The molecular weight excluding hydrogens is 224 g/mol. The highest BCUT2D eigenvalue weighted by Gasteiger charge is 2.20. The first-order valence-electron chi connectivity index (χ1n) is 7.72. The molecule has 1 saturated carbocycles. The number of hydrogen-bond acceptors (Lipinski definition) is 3. The number of ether oxygens (including phenoxy) is 1. The third kappa shape index (κ3) is 6.17. The minimum Gasteiger partial charge on any atom is -0.383 e. The lowest BCUT2D eigenvalue weighted by molar-refractivity contribution is 0.155. The van der Waals surface area contributed by atoms with Gasteiger partial charge in [0.1, 0.15) is 0 Å². The second-order valence-electron chi connectivity index (χ2n) is 5.79. The van der Waals surface area contributed by atoms with Crippen LogP contribution in [0.5, 0.6) is 0 Å². The summed E-state index contributed by atoms with van der Waals surface area (Å²) in [6.45, 7) is 5.08. The van der Waals surface area contributed by atoms with Crippen LogP contribution in [0, 0.1) is 11.8 Å². The van der Waals surface area contributed by atoms with Crippen LogP contribution in [0.2, 0.25) is 0 Å². The van der Waals surface area contributed by atoms with Crippen molar-refractivity contribution in [2.45, 2.75) is 57.9 Å². The molecule has 0 aromatic carbocycles. The summed E-state index contributed by atoms with van der Waals surface area (Å²) in [5.41, 5.74) is 5.57.